The summed E-state index contributed by atoms with van der Waals surface area (Å²) in [5.41, 5.74) is 1.26. The van der Waals surface area contributed by atoms with Gasteiger partial charge in [0.1, 0.15) is 11.9 Å². The Hall–Kier alpha value is -3.05. The Bertz CT molecular complexity index is 1610. The molecule has 0 amide bonds. The first-order chi connectivity index (χ1) is 20.0. The number of fused-ring (bicyclic) bond motifs is 1. The number of thiophene rings is 1. The van der Waals surface area contributed by atoms with E-state index in [1.807, 2.05) is 11.9 Å². The number of halogens is 4. The lowest BCUT2D eigenvalue weighted by Gasteiger charge is -2.33. The molecule has 3 aromatic rings. The Morgan fingerprint density at radius 2 is 2.02 bits per heavy atom. The predicted octanol–water partition coefficient (Wildman–Crippen LogP) is 5.74. The first-order valence-electron chi connectivity index (χ1n) is 13.4. The molecule has 0 radical (unpaired) electrons. The average molecular weight is 625 g/mol. The molecule has 0 bridgehead atoms. The molecule has 0 saturated carbocycles. The summed E-state index contributed by atoms with van der Waals surface area (Å²) in [6.07, 6.45) is -6.06. The Morgan fingerprint density at radius 1 is 1.24 bits per heavy atom. The summed E-state index contributed by atoms with van der Waals surface area (Å²) in [5, 5.41) is 6.42. The van der Waals surface area contributed by atoms with Crippen LogP contribution in [0.3, 0.4) is 0 Å². The van der Waals surface area contributed by atoms with Gasteiger partial charge in [-0.25, -0.2) is 13.4 Å². The predicted molar refractivity (Wildman–Crippen MR) is 158 cm³/mol. The van der Waals surface area contributed by atoms with Crippen LogP contribution >= 0.6 is 11.3 Å². The number of nitrogens with one attached hydrogen (secondary N) is 3. The van der Waals surface area contributed by atoms with E-state index in [1.54, 1.807) is 36.4 Å². The van der Waals surface area contributed by atoms with Crippen molar-refractivity contribution in [2.24, 2.45) is 0 Å². The molecular formula is C29H32F4N4O3S2. The second-order valence-electron chi connectivity index (χ2n) is 10.5. The van der Waals surface area contributed by atoms with E-state index in [0.717, 1.165) is 6.54 Å². The molecule has 3 N–H and O–H groups in total. The number of piperidine rings is 1. The maximum Gasteiger partial charge on any atom is 0.393 e. The third-order valence-corrected chi connectivity index (χ3v) is 10.8. The molecule has 2 saturated heterocycles. The number of alkyl halides is 4. The highest BCUT2D eigenvalue weighted by molar-refractivity contribution is 7.93. The molecule has 0 spiro atoms. The zero-order valence-electron chi connectivity index (χ0n) is 23.1. The normalized spacial score (nSPS) is 21.2. The maximum atomic E-state index is 14.7. The van der Waals surface area contributed by atoms with Crippen molar-refractivity contribution >= 4 is 42.5 Å². The van der Waals surface area contributed by atoms with Gasteiger partial charge in [-0.2, -0.15) is 13.2 Å². The van der Waals surface area contributed by atoms with E-state index in [1.165, 1.54) is 18.4 Å². The SMILES string of the molecule is COc1cc([S@](=N)(=O)C2COC2)ccc1NCC#Cc1sc2c(N[C@H]3CCN(C)C[C@H]3F)cccc2c1CC(F)(F)F. The molecular weight excluding hydrogens is 592 g/mol. The lowest BCUT2D eigenvalue weighted by atomic mass is 10.0. The van der Waals surface area contributed by atoms with Crippen LogP contribution in [0.5, 0.6) is 5.75 Å². The minimum atomic E-state index is -4.43. The third-order valence-electron chi connectivity index (χ3n) is 7.45. The van der Waals surface area contributed by atoms with Gasteiger partial charge in [-0.15, -0.1) is 11.3 Å². The molecule has 5 rings (SSSR count). The molecule has 226 valence electrons. The quantitative estimate of drug-likeness (QED) is 0.219. The molecule has 42 heavy (non-hydrogen) atoms. The molecule has 2 aliphatic heterocycles. The molecule has 3 heterocycles. The Kier molecular flexibility index (Phi) is 8.89. The minimum Gasteiger partial charge on any atom is -0.495 e. The number of anilines is 2. The highest BCUT2D eigenvalue weighted by Gasteiger charge is 2.33. The van der Waals surface area contributed by atoms with Gasteiger partial charge in [-0.3, -0.25) is 0 Å². The number of hydrogen-bond acceptors (Lipinski definition) is 8. The van der Waals surface area contributed by atoms with Gasteiger partial charge in [0.05, 0.1) is 80.2 Å². The van der Waals surface area contributed by atoms with Crippen LogP contribution in [-0.2, 0) is 20.9 Å². The summed E-state index contributed by atoms with van der Waals surface area (Å²) in [6, 6.07) is 9.47. The van der Waals surface area contributed by atoms with Crippen molar-refractivity contribution in [2.75, 3.05) is 57.6 Å². The molecule has 7 nitrogen and oxygen atoms in total. The van der Waals surface area contributed by atoms with Crippen molar-refractivity contribution in [1.29, 1.82) is 4.78 Å². The van der Waals surface area contributed by atoms with Gasteiger partial charge in [-0.05, 0) is 48.7 Å². The summed E-state index contributed by atoms with van der Waals surface area (Å²) >= 11 is 1.17. The van der Waals surface area contributed by atoms with E-state index in [4.69, 9.17) is 14.3 Å². The molecule has 0 unspecified atom stereocenters. The van der Waals surface area contributed by atoms with Crippen LogP contribution < -0.4 is 15.4 Å². The third kappa shape index (κ3) is 6.62. The number of ether oxygens (including phenoxy) is 2. The van der Waals surface area contributed by atoms with Gasteiger partial charge in [0.2, 0.25) is 0 Å². The van der Waals surface area contributed by atoms with Crippen molar-refractivity contribution in [3.05, 3.63) is 46.8 Å². The monoisotopic (exact) mass is 624 g/mol. The number of benzene rings is 2. The van der Waals surface area contributed by atoms with Crippen LogP contribution in [0.15, 0.2) is 41.3 Å². The second kappa shape index (κ2) is 12.3. The van der Waals surface area contributed by atoms with Crippen LogP contribution in [-0.4, -0.2) is 79.8 Å². The van der Waals surface area contributed by atoms with Crippen molar-refractivity contribution in [2.45, 2.75) is 41.4 Å². The summed E-state index contributed by atoms with van der Waals surface area (Å²) in [7, 11) is 0.272. The van der Waals surface area contributed by atoms with Crippen LogP contribution in [0.25, 0.3) is 10.1 Å². The maximum absolute atomic E-state index is 14.7. The van der Waals surface area contributed by atoms with Gasteiger partial charge < -0.3 is 25.0 Å². The molecule has 2 aliphatic rings. The van der Waals surface area contributed by atoms with Crippen LogP contribution in [0.4, 0.5) is 28.9 Å². The van der Waals surface area contributed by atoms with E-state index in [2.05, 4.69) is 22.5 Å². The first kappa shape index (κ1) is 30.4. The molecule has 2 aromatic carbocycles. The zero-order chi connectivity index (χ0) is 30.1. The average Bonchev–Trinajstić information content (AvgIpc) is 3.23. The van der Waals surface area contributed by atoms with E-state index < -0.39 is 34.5 Å². The largest absolute Gasteiger partial charge is 0.495 e. The summed E-state index contributed by atoms with van der Waals surface area (Å²) in [4.78, 5) is 2.56. The number of likely N-dealkylation sites (tertiary alicyclic amines) is 1. The van der Waals surface area contributed by atoms with Crippen LogP contribution in [0, 0.1) is 16.6 Å². The Morgan fingerprint density at radius 3 is 2.69 bits per heavy atom. The molecule has 13 heteroatoms. The molecule has 2 fully saturated rings. The van der Waals surface area contributed by atoms with Crippen molar-refractivity contribution in [1.82, 2.24) is 4.90 Å². The number of rotatable bonds is 8. The molecule has 1 aromatic heterocycles. The van der Waals surface area contributed by atoms with E-state index in [0.29, 0.717) is 49.9 Å². The lowest BCUT2D eigenvalue weighted by Crippen LogP contribution is -2.46. The highest BCUT2D eigenvalue weighted by atomic mass is 32.2. The van der Waals surface area contributed by atoms with E-state index in [9.17, 15) is 21.8 Å². The number of methoxy groups -OCH3 is 1. The van der Waals surface area contributed by atoms with Gasteiger partial charge in [0, 0.05) is 13.1 Å². The standard InChI is InChI=1S/C29H32F4N4O3S2/c1-37-12-10-23(22(30)15-37)36-25-6-3-5-20-21(14-29(31,32)33)27(41-28(20)25)7-4-11-35-24-9-8-18(13-26(24)39-2)42(34,38)19-16-40-17-19/h3,5-6,8-9,13,19,22-23,34-36H,10-12,14-17H2,1-2H3/t22-,23+,42+/m1/s1. The fourth-order valence-corrected chi connectivity index (χ4v) is 7.73. The van der Waals surface area contributed by atoms with Gasteiger partial charge >= 0.3 is 6.18 Å². The number of nitrogens with zero attached hydrogens (tertiary/aromatic N) is 1. The first-order valence-corrected chi connectivity index (χ1v) is 15.9. The van der Waals surface area contributed by atoms with Crippen molar-refractivity contribution in [3.8, 4) is 17.6 Å². The van der Waals surface area contributed by atoms with Gasteiger partial charge in [0.25, 0.3) is 0 Å². The number of hydrogen-bond donors (Lipinski definition) is 3. The summed E-state index contributed by atoms with van der Waals surface area (Å²) in [6.45, 7) is 1.69. The lowest BCUT2D eigenvalue weighted by molar-refractivity contribution is -0.126. The Labute approximate surface area is 246 Å². The Balaban J connectivity index is 1.37. The van der Waals surface area contributed by atoms with Crippen LogP contribution in [0.1, 0.15) is 16.9 Å². The molecule has 3 atom stereocenters. The fourth-order valence-electron chi connectivity index (χ4n) is 5.05. The van der Waals surface area contributed by atoms with Crippen LogP contribution in [0.2, 0.25) is 0 Å². The van der Waals surface area contributed by atoms with Gasteiger partial charge in [-0.1, -0.05) is 24.0 Å². The zero-order valence-corrected chi connectivity index (χ0v) is 24.8. The molecule has 0 aliphatic carbocycles. The van der Waals surface area contributed by atoms with Crippen molar-refractivity contribution < 1.29 is 31.2 Å². The van der Waals surface area contributed by atoms with Gasteiger partial charge in [0.15, 0.2) is 0 Å². The van der Waals surface area contributed by atoms with Crippen molar-refractivity contribution in [3.63, 3.8) is 0 Å². The second-order valence-corrected chi connectivity index (χ2v) is 13.8. The fraction of sp³-hybridized carbons (Fsp3) is 0.448. The van der Waals surface area contributed by atoms with E-state index >= 15 is 0 Å². The summed E-state index contributed by atoms with van der Waals surface area (Å²) < 4.78 is 87.8. The highest BCUT2D eigenvalue weighted by Crippen LogP contribution is 2.39. The smallest absolute Gasteiger partial charge is 0.393 e. The summed E-state index contributed by atoms with van der Waals surface area (Å²) in [5.74, 6) is 6.20. The minimum absolute atomic E-state index is 0.103. The van der Waals surface area contributed by atoms with E-state index in [-0.39, 0.29) is 30.6 Å². The topological polar surface area (TPSA) is 86.7 Å².